The molecule has 1 atom stereocenters. The van der Waals surface area contributed by atoms with Crippen LogP contribution in [0.3, 0.4) is 0 Å². The van der Waals surface area contributed by atoms with Crippen molar-refractivity contribution in [2.24, 2.45) is 0 Å². The van der Waals surface area contributed by atoms with Gasteiger partial charge in [-0.05, 0) is 42.3 Å². The van der Waals surface area contributed by atoms with E-state index in [4.69, 9.17) is 21.1 Å². The third-order valence-electron chi connectivity index (χ3n) is 4.19. The fourth-order valence-corrected chi connectivity index (χ4v) is 3.08. The highest BCUT2D eigenvalue weighted by molar-refractivity contribution is 6.62. The molecule has 7 nitrogen and oxygen atoms in total. The van der Waals surface area contributed by atoms with Crippen molar-refractivity contribution in [2.45, 2.75) is 13.0 Å². The molecule has 0 saturated carbocycles. The van der Waals surface area contributed by atoms with E-state index in [0.29, 0.717) is 6.54 Å². The summed E-state index contributed by atoms with van der Waals surface area (Å²) in [5.74, 6) is 0. The molecular formula is C16H20ClN3O4. The number of amides is 2. The van der Waals surface area contributed by atoms with E-state index in [-0.39, 0.29) is 6.54 Å². The Morgan fingerprint density at radius 2 is 2.12 bits per heavy atom. The fourth-order valence-electron chi connectivity index (χ4n) is 3.00. The van der Waals surface area contributed by atoms with E-state index in [1.54, 1.807) is 4.90 Å². The summed E-state index contributed by atoms with van der Waals surface area (Å²) in [4.78, 5) is 26.7. The molecule has 0 aliphatic carbocycles. The summed E-state index contributed by atoms with van der Waals surface area (Å²) in [6.45, 7) is 5.81. The molecule has 130 valence electrons. The van der Waals surface area contributed by atoms with Crippen LogP contribution < -0.4 is 15.1 Å². The molecule has 2 heterocycles. The number of aryl methyl sites for hydroxylation is 1. The molecule has 0 radical (unpaired) electrons. The van der Waals surface area contributed by atoms with Crippen molar-refractivity contribution in [1.82, 2.24) is 5.32 Å². The highest BCUT2D eigenvalue weighted by Gasteiger charge is 2.32. The van der Waals surface area contributed by atoms with Crippen LogP contribution in [0.5, 0.6) is 0 Å². The number of anilines is 2. The van der Waals surface area contributed by atoms with Crippen LogP contribution in [-0.4, -0.2) is 57.0 Å². The highest BCUT2D eigenvalue weighted by atomic mass is 35.5. The minimum atomic E-state index is -0.657. The molecule has 2 saturated heterocycles. The maximum absolute atomic E-state index is 12.1. The van der Waals surface area contributed by atoms with Gasteiger partial charge in [-0.15, -0.1) is 0 Å². The van der Waals surface area contributed by atoms with Crippen molar-refractivity contribution < 1.29 is 19.1 Å². The van der Waals surface area contributed by atoms with Gasteiger partial charge in [-0.1, -0.05) is 0 Å². The van der Waals surface area contributed by atoms with Crippen LogP contribution in [0.2, 0.25) is 0 Å². The number of nitrogens with zero attached hydrogens (tertiary/aromatic N) is 2. The van der Waals surface area contributed by atoms with Gasteiger partial charge in [0.15, 0.2) is 0 Å². The number of rotatable bonds is 4. The van der Waals surface area contributed by atoms with Gasteiger partial charge in [-0.3, -0.25) is 9.69 Å². The van der Waals surface area contributed by atoms with E-state index in [2.05, 4.69) is 10.2 Å². The first-order chi connectivity index (χ1) is 11.5. The lowest BCUT2D eigenvalue weighted by molar-refractivity contribution is 0.122. The predicted molar refractivity (Wildman–Crippen MR) is 91.1 cm³/mol. The summed E-state index contributed by atoms with van der Waals surface area (Å²) in [6, 6.07) is 5.92. The number of ether oxygens (including phenoxy) is 2. The molecule has 1 aromatic carbocycles. The second kappa shape index (κ2) is 7.27. The van der Waals surface area contributed by atoms with E-state index < -0.39 is 17.6 Å². The monoisotopic (exact) mass is 353 g/mol. The lowest BCUT2D eigenvalue weighted by Gasteiger charge is -2.30. The number of benzene rings is 1. The average Bonchev–Trinajstić information content (AvgIpc) is 2.94. The Bertz CT molecular complexity index is 634. The molecule has 1 N–H and O–H groups in total. The molecule has 2 fully saturated rings. The Balaban J connectivity index is 1.69. The quantitative estimate of drug-likeness (QED) is 0.663. The third-order valence-corrected chi connectivity index (χ3v) is 4.32. The van der Waals surface area contributed by atoms with Crippen LogP contribution in [0.4, 0.5) is 21.0 Å². The van der Waals surface area contributed by atoms with Gasteiger partial charge in [0.25, 0.3) is 0 Å². The van der Waals surface area contributed by atoms with Crippen molar-refractivity contribution in [3.05, 3.63) is 23.8 Å². The maximum Gasteiger partial charge on any atom is 0.414 e. The maximum atomic E-state index is 12.1. The fraction of sp³-hybridized carbons (Fsp3) is 0.500. The lowest BCUT2D eigenvalue weighted by atomic mass is 10.1. The molecule has 0 spiro atoms. The van der Waals surface area contributed by atoms with Gasteiger partial charge in [0.05, 0.1) is 26.3 Å². The number of morpholine rings is 1. The Hall–Kier alpha value is -1.99. The Kier molecular flexibility index (Phi) is 5.11. The Labute approximate surface area is 145 Å². The summed E-state index contributed by atoms with van der Waals surface area (Å²) in [7, 11) is 0. The van der Waals surface area contributed by atoms with Gasteiger partial charge in [0.1, 0.15) is 6.10 Å². The zero-order valence-corrected chi connectivity index (χ0v) is 14.2. The number of halogens is 1. The van der Waals surface area contributed by atoms with Gasteiger partial charge >= 0.3 is 11.5 Å². The van der Waals surface area contributed by atoms with E-state index in [1.807, 2.05) is 25.1 Å². The summed E-state index contributed by atoms with van der Waals surface area (Å²) in [5.41, 5.74) is 3.04. The Morgan fingerprint density at radius 3 is 2.79 bits per heavy atom. The number of nitrogens with one attached hydrogen (secondary N) is 1. The highest BCUT2D eigenvalue weighted by Crippen LogP contribution is 2.28. The zero-order chi connectivity index (χ0) is 17.1. The van der Waals surface area contributed by atoms with Crippen LogP contribution in [0.15, 0.2) is 18.2 Å². The molecule has 0 aromatic heterocycles. The van der Waals surface area contributed by atoms with Crippen LogP contribution in [0.25, 0.3) is 0 Å². The van der Waals surface area contributed by atoms with Gasteiger partial charge < -0.3 is 19.7 Å². The summed E-state index contributed by atoms with van der Waals surface area (Å²) in [5, 5.41) is 1.79. The Morgan fingerprint density at radius 1 is 1.38 bits per heavy atom. The lowest BCUT2D eigenvalue weighted by Crippen LogP contribution is -2.36. The zero-order valence-electron chi connectivity index (χ0n) is 13.5. The van der Waals surface area contributed by atoms with Gasteiger partial charge in [-0.2, -0.15) is 0 Å². The molecule has 2 aliphatic heterocycles. The number of hydrogen-bond acceptors (Lipinski definition) is 5. The smallest absolute Gasteiger partial charge is 0.414 e. The van der Waals surface area contributed by atoms with E-state index in [1.165, 1.54) is 0 Å². The topological polar surface area (TPSA) is 71.1 Å². The first kappa shape index (κ1) is 16.9. The molecule has 1 aromatic rings. The van der Waals surface area contributed by atoms with Crippen molar-refractivity contribution in [3.8, 4) is 0 Å². The average molecular weight is 354 g/mol. The van der Waals surface area contributed by atoms with Crippen LogP contribution in [0, 0.1) is 6.92 Å². The number of carbonyl (C=O) groups is 2. The second-order valence-corrected chi connectivity index (χ2v) is 6.18. The SMILES string of the molecule is Cc1cc(N2CC(CNC(=O)Cl)OC2=O)ccc1N1CCOCC1. The molecule has 1 unspecified atom stereocenters. The van der Waals surface area contributed by atoms with Crippen molar-refractivity contribution in [3.63, 3.8) is 0 Å². The van der Waals surface area contributed by atoms with Gasteiger partial charge in [0, 0.05) is 24.5 Å². The van der Waals surface area contributed by atoms with Crippen molar-refractivity contribution in [1.29, 1.82) is 0 Å². The van der Waals surface area contributed by atoms with Gasteiger partial charge in [-0.25, -0.2) is 4.79 Å². The van der Waals surface area contributed by atoms with E-state index >= 15 is 0 Å². The first-order valence-electron chi connectivity index (χ1n) is 7.89. The summed E-state index contributed by atoms with van der Waals surface area (Å²) in [6.07, 6.45) is -0.818. The molecule has 2 amide bonds. The second-order valence-electron chi connectivity index (χ2n) is 5.84. The van der Waals surface area contributed by atoms with Crippen LogP contribution in [-0.2, 0) is 9.47 Å². The number of hydrogen-bond donors (Lipinski definition) is 1. The molecule has 3 rings (SSSR count). The number of carbonyl (C=O) groups excluding carboxylic acids is 2. The first-order valence-corrected chi connectivity index (χ1v) is 8.27. The minimum absolute atomic E-state index is 0.204. The van der Waals surface area contributed by atoms with Gasteiger partial charge in [0.2, 0.25) is 0 Å². The predicted octanol–water partition coefficient (Wildman–Crippen LogP) is 2.11. The molecule has 24 heavy (non-hydrogen) atoms. The minimum Gasteiger partial charge on any atom is -0.442 e. The van der Waals surface area contributed by atoms with Crippen molar-refractivity contribution >= 4 is 34.4 Å². The standard InChI is InChI=1S/C16H20ClN3O4/c1-11-8-12(2-3-14(11)19-4-6-23-7-5-19)20-10-13(24-16(20)22)9-18-15(17)21/h2-3,8,13H,4-7,9-10H2,1H3,(H,18,21). The van der Waals surface area contributed by atoms with Crippen LogP contribution in [0.1, 0.15) is 5.56 Å². The largest absolute Gasteiger partial charge is 0.442 e. The van der Waals surface area contributed by atoms with Crippen LogP contribution >= 0.6 is 11.6 Å². The summed E-state index contributed by atoms with van der Waals surface area (Å²) >= 11 is 5.24. The van der Waals surface area contributed by atoms with E-state index in [0.717, 1.165) is 43.2 Å². The molecule has 2 aliphatic rings. The van der Waals surface area contributed by atoms with Crippen molar-refractivity contribution in [2.75, 3.05) is 49.2 Å². The summed E-state index contributed by atoms with van der Waals surface area (Å²) < 4.78 is 10.6. The normalized spacial score (nSPS) is 20.9. The number of cyclic esters (lactones) is 1. The third kappa shape index (κ3) is 3.73. The van der Waals surface area contributed by atoms with E-state index in [9.17, 15) is 9.59 Å². The molecular weight excluding hydrogens is 334 g/mol. The molecule has 8 heteroatoms. The molecule has 0 bridgehead atoms.